The molecule has 1 aliphatic rings. The zero-order valence-corrected chi connectivity index (χ0v) is 23.1. The first-order valence-corrected chi connectivity index (χ1v) is 13.1. The van der Waals surface area contributed by atoms with E-state index in [1.807, 2.05) is 57.7 Å². The Morgan fingerprint density at radius 1 is 1.10 bits per heavy atom. The van der Waals surface area contributed by atoms with E-state index >= 15 is 0 Å². The number of allylic oxidation sites excluding steroid dienone is 4. The summed E-state index contributed by atoms with van der Waals surface area (Å²) < 4.78 is 0. The number of H-pyrrole nitrogens is 2. The topological polar surface area (TPSA) is 105 Å². The smallest absolute Gasteiger partial charge is 0.161 e. The fourth-order valence-corrected chi connectivity index (χ4v) is 4.78. The van der Waals surface area contributed by atoms with Gasteiger partial charge in [0.05, 0.1) is 34.8 Å². The third-order valence-corrected chi connectivity index (χ3v) is 6.82. The van der Waals surface area contributed by atoms with Crippen molar-refractivity contribution in [2.45, 2.75) is 6.92 Å². The van der Waals surface area contributed by atoms with Crippen LogP contribution >= 0.6 is 0 Å². The van der Waals surface area contributed by atoms with E-state index in [-0.39, 0.29) is 0 Å². The van der Waals surface area contributed by atoms with Gasteiger partial charge in [0.15, 0.2) is 11.5 Å². The van der Waals surface area contributed by atoms with Gasteiger partial charge in [0.25, 0.3) is 0 Å². The van der Waals surface area contributed by atoms with Crippen molar-refractivity contribution >= 4 is 33.3 Å². The van der Waals surface area contributed by atoms with Gasteiger partial charge in [0.2, 0.25) is 0 Å². The first-order chi connectivity index (χ1) is 18.9. The van der Waals surface area contributed by atoms with Gasteiger partial charge in [0.1, 0.15) is 11.0 Å². The van der Waals surface area contributed by atoms with Crippen molar-refractivity contribution < 1.29 is 0 Å². The van der Waals surface area contributed by atoms with E-state index < -0.39 is 0 Å². The highest BCUT2D eigenvalue weighted by Gasteiger charge is 2.21. The van der Waals surface area contributed by atoms with Gasteiger partial charge in [-0.25, -0.2) is 9.97 Å². The Kier molecular flexibility index (Phi) is 7.58. The second-order valence-electron chi connectivity index (χ2n) is 10.1. The molecule has 0 saturated carbocycles. The standard InChI is InChI=1S/C29H36N10/c1-7-20(15-21(8-2)31-19(3)18-37(4)5)22-9-10-23-27(32-22)28(36-35-23)29-33-24-16-30-17-25(26(24)34-29)39-13-11-38(6)12-14-39/h7-10,15-17,31H,2-3,11-14,18H2,1,4-6H3,(H,33,34)(H,35,36)/b20-7+,21-15+. The molecule has 202 valence electrons. The molecular weight excluding hydrogens is 488 g/mol. The Bertz CT molecular complexity index is 1560. The predicted molar refractivity (Wildman–Crippen MR) is 159 cm³/mol. The van der Waals surface area contributed by atoms with E-state index in [0.717, 1.165) is 83.1 Å². The summed E-state index contributed by atoms with van der Waals surface area (Å²) in [4.78, 5) is 24.6. The Labute approximate surface area is 228 Å². The van der Waals surface area contributed by atoms with Crippen LogP contribution in [0, 0.1) is 0 Å². The van der Waals surface area contributed by atoms with E-state index in [4.69, 9.17) is 9.97 Å². The number of rotatable bonds is 9. The second kappa shape index (κ2) is 11.2. The van der Waals surface area contributed by atoms with Crippen LogP contribution in [-0.4, -0.2) is 93.8 Å². The van der Waals surface area contributed by atoms with Crippen LogP contribution in [0.3, 0.4) is 0 Å². The maximum Gasteiger partial charge on any atom is 0.161 e. The molecule has 1 saturated heterocycles. The normalized spacial score (nSPS) is 15.5. The minimum Gasteiger partial charge on any atom is -0.366 e. The van der Waals surface area contributed by atoms with Gasteiger partial charge in [-0.2, -0.15) is 5.10 Å². The predicted octanol–water partition coefficient (Wildman–Crippen LogP) is 3.79. The van der Waals surface area contributed by atoms with Crippen molar-refractivity contribution in [2.75, 3.05) is 58.8 Å². The number of pyridine rings is 2. The number of anilines is 1. The minimum atomic E-state index is 0.662. The Morgan fingerprint density at radius 3 is 2.62 bits per heavy atom. The molecule has 0 unspecified atom stereocenters. The number of hydrogen-bond acceptors (Lipinski definition) is 8. The van der Waals surface area contributed by atoms with Crippen LogP contribution in [-0.2, 0) is 0 Å². The van der Waals surface area contributed by atoms with Crippen LogP contribution in [0.5, 0.6) is 0 Å². The lowest BCUT2D eigenvalue weighted by molar-refractivity contribution is 0.313. The number of piperazine rings is 1. The van der Waals surface area contributed by atoms with Gasteiger partial charge in [-0.1, -0.05) is 19.2 Å². The quantitative estimate of drug-likeness (QED) is 0.284. The summed E-state index contributed by atoms with van der Waals surface area (Å²) in [6.07, 6.45) is 9.56. The average Bonchev–Trinajstić information content (AvgIpc) is 3.54. The van der Waals surface area contributed by atoms with Gasteiger partial charge < -0.3 is 25.0 Å². The molecule has 0 atom stereocenters. The van der Waals surface area contributed by atoms with E-state index in [9.17, 15) is 0 Å². The van der Waals surface area contributed by atoms with Crippen molar-refractivity contribution in [1.82, 2.24) is 45.2 Å². The number of likely N-dealkylation sites (N-methyl/N-ethyl adjacent to an activating group) is 2. The molecule has 1 fully saturated rings. The highest BCUT2D eigenvalue weighted by atomic mass is 15.3. The fourth-order valence-electron chi connectivity index (χ4n) is 4.78. The van der Waals surface area contributed by atoms with Gasteiger partial charge in [0, 0.05) is 44.1 Å². The molecule has 0 amide bonds. The third-order valence-electron chi connectivity index (χ3n) is 6.82. The van der Waals surface area contributed by atoms with Gasteiger partial charge in [-0.15, -0.1) is 0 Å². The van der Waals surface area contributed by atoms with Crippen LogP contribution in [0.25, 0.3) is 39.2 Å². The molecule has 1 aliphatic heterocycles. The Morgan fingerprint density at radius 2 is 1.90 bits per heavy atom. The maximum atomic E-state index is 5.00. The van der Waals surface area contributed by atoms with Crippen LogP contribution in [0.4, 0.5) is 5.69 Å². The van der Waals surface area contributed by atoms with Crippen molar-refractivity contribution in [2.24, 2.45) is 0 Å². The highest BCUT2D eigenvalue weighted by Crippen LogP contribution is 2.30. The van der Waals surface area contributed by atoms with E-state index in [1.165, 1.54) is 0 Å². The first kappa shape index (κ1) is 26.3. The lowest BCUT2D eigenvalue weighted by Crippen LogP contribution is -2.44. The zero-order valence-electron chi connectivity index (χ0n) is 23.1. The minimum absolute atomic E-state index is 0.662. The van der Waals surface area contributed by atoms with Crippen LogP contribution in [0.15, 0.2) is 67.3 Å². The number of nitrogens with one attached hydrogen (secondary N) is 3. The molecule has 5 rings (SSSR count). The number of nitrogens with zero attached hydrogens (tertiary/aromatic N) is 7. The van der Waals surface area contributed by atoms with Crippen molar-refractivity contribution in [1.29, 1.82) is 0 Å². The SMILES string of the molecule is C=C/C(=C\C(=C/C)c1ccc2[nH]nc(-c3nc4c(N5CCN(C)CC5)cncc4[nH]3)c2n1)NC(=C)CN(C)C. The molecule has 3 N–H and O–H groups in total. The van der Waals surface area contributed by atoms with Crippen molar-refractivity contribution in [3.8, 4) is 11.5 Å². The van der Waals surface area contributed by atoms with Crippen molar-refractivity contribution in [3.05, 3.63) is 73.0 Å². The summed E-state index contributed by atoms with van der Waals surface area (Å²) in [5.74, 6) is 0.662. The highest BCUT2D eigenvalue weighted by molar-refractivity contribution is 5.94. The van der Waals surface area contributed by atoms with E-state index in [2.05, 4.69) is 60.4 Å². The number of fused-ring (bicyclic) bond motifs is 2. The van der Waals surface area contributed by atoms with E-state index in [0.29, 0.717) is 11.5 Å². The van der Waals surface area contributed by atoms with Crippen LogP contribution in [0.2, 0.25) is 0 Å². The molecule has 0 radical (unpaired) electrons. The third kappa shape index (κ3) is 5.62. The van der Waals surface area contributed by atoms with Crippen LogP contribution in [0.1, 0.15) is 12.6 Å². The molecule has 10 heteroatoms. The monoisotopic (exact) mass is 524 g/mol. The molecule has 4 aromatic heterocycles. The summed E-state index contributed by atoms with van der Waals surface area (Å²) in [5, 5.41) is 11.0. The summed E-state index contributed by atoms with van der Waals surface area (Å²) in [6, 6.07) is 3.98. The number of aromatic amines is 2. The number of aromatic nitrogens is 6. The van der Waals surface area contributed by atoms with Gasteiger partial charge in [-0.05, 0) is 57.9 Å². The largest absolute Gasteiger partial charge is 0.366 e. The molecule has 5 heterocycles. The molecule has 4 aromatic rings. The summed E-state index contributed by atoms with van der Waals surface area (Å²) in [6.45, 7) is 14.7. The summed E-state index contributed by atoms with van der Waals surface area (Å²) >= 11 is 0. The maximum absolute atomic E-state index is 5.00. The fraction of sp³-hybridized carbons (Fsp3) is 0.310. The summed E-state index contributed by atoms with van der Waals surface area (Å²) in [5.41, 5.74) is 8.60. The Balaban J connectivity index is 1.48. The molecule has 0 aromatic carbocycles. The molecule has 0 bridgehead atoms. The molecule has 0 spiro atoms. The molecule has 39 heavy (non-hydrogen) atoms. The van der Waals surface area contributed by atoms with Crippen LogP contribution < -0.4 is 10.2 Å². The second-order valence-corrected chi connectivity index (χ2v) is 10.1. The number of hydrogen-bond donors (Lipinski definition) is 3. The van der Waals surface area contributed by atoms with Crippen molar-refractivity contribution in [3.63, 3.8) is 0 Å². The molecular formula is C29H36N10. The lowest BCUT2D eigenvalue weighted by atomic mass is 10.1. The first-order valence-electron chi connectivity index (χ1n) is 13.1. The van der Waals surface area contributed by atoms with E-state index in [1.54, 1.807) is 6.08 Å². The number of imidazole rings is 1. The zero-order chi connectivity index (χ0) is 27.5. The average molecular weight is 525 g/mol. The Hall–Kier alpha value is -4.28. The van der Waals surface area contributed by atoms with Gasteiger partial charge in [-0.3, -0.25) is 10.1 Å². The lowest BCUT2D eigenvalue weighted by Gasteiger charge is -2.33. The molecule has 10 nitrogen and oxygen atoms in total. The summed E-state index contributed by atoms with van der Waals surface area (Å²) in [7, 11) is 6.17. The van der Waals surface area contributed by atoms with Gasteiger partial charge >= 0.3 is 0 Å². The molecule has 0 aliphatic carbocycles.